The molecule has 0 aromatic heterocycles. The predicted octanol–water partition coefficient (Wildman–Crippen LogP) is 3.07. The zero-order valence-electron chi connectivity index (χ0n) is 12.9. The van der Waals surface area contributed by atoms with Crippen LogP contribution in [0.1, 0.15) is 24.2 Å². The largest absolute Gasteiger partial charge is 0.496 e. The average molecular weight is 303 g/mol. The third-order valence-corrected chi connectivity index (χ3v) is 3.98. The maximum Gasteiger partial charge on any atom is 0.129 e. The van der Waals surface area contributed by atoms with Crippen molar-refractivity contribution in [2.24, 2.45) is 11.7 Å². The molecule has 0 saturated heterocycles. The van der Waals surface area contributed by atoms with E-state index in [2.05, 4.69) is 0 Å². The van der Waals surface area contributed by atoms with E-state index >= 15 is 0 Å². The molecule has 0 radical (unpaired) electrons. The average Bonchev–Trinajstić information content (AvgIpc) is 2.54. The number of benzene rings is 2. The van der Waals surface area contributed by atoms with Crippen LogP contribution in [0.25, 0.3) is 0 Å². The highest BCUT2D eigenvalue weighted by Crippen LogP contribution is 2.27. The lowest BCUT2D eigenvalue weighted by molar-refractivity contribution is 0.117. The number of ether oxygens (including phenoxy) is 1. The van der Waals surface area contributed by atoms with Crippen molar-refractivity contribution < 1.29 is 14.2 Å². The molecule has 0 amide bonds. The Bertz CT molecular complexity index is 618. The summed E-state index contributed by atoms with van der Waals surface area (Å²) in [5.74, 6) is 0.322. The Morgan fingerprint density at radius 3 is 2.45 bits per heavy atom. The van der Waals surface area contributed by atoms with Gasteiger partial charge in [-0.2, -0.15) is 0 Å². The first-order valence-corrected chi connectivity index (χ1v) is 7.34. The molecule has 2 rings (SSSR count). The summed E-state index contributed by atoms with van der Waals surface area (Å²) in [6.45, 7) is 1.95. The number of nitrogens with two attached hydrogens (primary N) is 1. The molecule has 22 heavy (non-hydrogen) atoms. The van der Waals surface area contributed by atoms with Gasteiger partial charge in [0, 0.05) is 11.6 Å². The summed E-state index contributed by atoms with van der Waals surface area (Å²) in [5, 5.41) is 10.3. The SMILES string of the molecule is COc1ccccc1CC(C)C(N)C(O)c1ccccc1F. The summed E-state index contributed by atoms with van der Waals surface area (Å²) >= 11 is 0. The molecule has 3 atom stereocenters. The molecule has 0 aliphatic rings. The van der Waals surface area contributed by atoms with Crippen LogP contribution in [0.3, 0.4) is 0 Å². The molecule has 0 aliphatic heterocycles. The summed E-state index contributed by atoms with van der Waals surface area (Å²) < 4.78 is 19.1. The molecule has 0 saturated carbocycles. The van der Waals surface area contributed by atoms with Crippen molar-refractivity contribution in [3.63, 3.8) is 0 Å². The van der Waals surface area contributed by atoms with E-state index in [0.29, 0.717) is 6.42 Å². The van der Waals surface area contributed by atoms with Crippen LogP contribution in [0.15, 0.2) is 48.5 Å². The van der Waals surface area contributed by atoms with Gasteiger partial charge in [0.25, 0.3) is 0 Å². The van der Waals surface area contributed by atoms with Crippen LogP contribution >= 0.6 is 0 Å². The summed E-state index contributed by atoms with van der Waals surface area (Å²) in [7, 11) is 1.62. The second-order valence-corrected chi connectivity index (χ2v) is 5.54. The minimum absolute atomic E-state index is 0.0362. The van der Waals surface area contributed by atoms with Gasteiger partial charge in [-0.1, -0.05) is 43.3 Å². The van der Waals surface area contributed by atoms with E-state index in [1.807, 2.05) is 31.2 Å². The van der Waals surface area contributed by atoms with Crippen molar-refractivity contribution in [1.82, 2.24) is 0 Å². The number of para-hydroxylation sites is 1. The summed E-state index contributed by atoms with van der Waals surface area (Å²) in [6.07, 6.45) is -0.387. The number of hydrogen-bond acceptors (Lipinski definition) is 3. The second kappa shape index (κ2) is 7.38. The molecule has 3 unspecified atom stereocenters. The van der Waals surface area contributed by atoms with Crippen LogP contribution in [0.2, 0.25) is 0 Å². The zero-order chi connectivity index (χ0) is 16.1. The number of hydrogen-bond donors (Lipinski definition) is 2. The molecule has 118 valence electrons. The Morgan fingerprint density at radius 2 is 1.77 bits per heavy atom. The van der Waals surface area contributed by atoms with Crippen molar-refractivity contribution in [2.75, 3.05) is 7.11 Å². The maximum absolute atomic E-state index is 13.8. The normalized spacial score (nSPS) is 15.1. The molecular formula is C18H22FNO2. The molecule has 0 spiro atoms. The third-order valence-electron chi connectivity index (χ3n) is 3.98. The molecule has 2 aromatic carbocycles. The zero-order valence-corrected chi connectivity index (χ0v) is 12.9. The van der Waals surface area contributed by atoms with Gasteiger partial charge in [-0.15, -0.1) is 0 Å². The maximum atomic E-state index is 13.8. The van der Waals surface area contributed by atoms with Gasteiger partial charge in [0.2, 0.25) is 0 Å². The van der Waals surface area contributed by atoms with Gasteiger partial charge in [-0.25, -0.2) is 4.39 Å². The van der Waals surface area contributed by atoms with Crippen molar-refractivity contribution in [3.8, 4) is 5.75 Å². The lowest BCUT2D eigenvalue weighted by Crippen LogP contribution is -2.36. The number of aliphatic hydroxyl groups is 1. The van der Waals surface area contributed by atoms with Crippen molar-refractivity contribution in [3.05, 3.63) is 65.5 Å². The molecule has 0 bridgehead atoms. The quantitative estimate of drug-likeness (QED) is 0.862. The van der Waals surface area contributed by atoms with Gasteiger partial charge in [0.1, 0.15) is 11.6 Å². The van der Waals surface area contributed by atoms with Crippen LogP contribution in [0, 0.1) is 11.7 Å². The fourth-order valence-electron chi connectivity index (χ4n) is 2.59. The molecule has 0 fully saturated rings. The highest BCUT2D eigenvalue weighted by molar-refractivity contribution is 5.33. The summed E-state index contributed by atoms with van der Waals surface area (Å²) in [5.41, 5.74) is 7.40. The van der Waals surface area contributed by atoms with Gasteiger partial charge in [0.15, 0.2) is 0 Å². The third kappa shape index (κ3) is 3.64. The second-order valence-electron chi connectivity index (χ2n) is 5.54. The summed E-state index contributed by atoms with van der Waals surface area (Å²) in [4.78, 5) is 0. The topological polar surface area (TPSA) is 55.5 Å². The number of methoxy groups -OCH3 is 1. The first-order valence-electron chi connectivity index (χ1n) is 7.34. The van der Waals surface area contributed by atoms with Crippen molar-refractivity contribution in [1.29, 1.82) is 0 Å². The van der Waals surface area contributed by atoms with Crippen molar-refractivity contribution in [2.45, 2.75) is 25.5 Å². The molecule has 0 aliphatic carbocycles. The fraction of sp³-hybridized carbons (Fsp3) is 0.333. The first-order chi connectivity index (χ1) is 10.5. The van der Waals surface area contributed by atoms with Gasteiger partial charge < -0.3 is 15.6 Å². The van der Waals surface area contributed by atoms with Gasteiger partial charge in [0.05, 0.1) is 13.2 Å². The van der Waals surface area contributed by atoms with Gasteiger partial charge >= 0.3 is 0 Å². The molecule has 4 heteroatoms. The number of rotatable bonds is 6. The predicted molar refractivity (Wildman–Crippen MR) is 85.2 cm³/mol. The van der Waals surface area contributed by atoms with Gasteiger partial charge in [-0.05, 0) is 30.0 Å². The fourth-order valence-corrected chi connectivity index (χ4v) is 2.59. The van der Waals surface area contributed by atoms with E-state index in [9.17, 15) is 9.50 Å². The highest BCUT2D eigenvalue weighted by Gasteiger charge is 2.25. The minimum atomic E-state index is -1.04. The van der Waals surface area contributed by atoms with E-state index in [1.54, 1.807) is 25.3 Å². The monoisotopic (exact) mass is 303 g/mol. The van der Waals surface area contributed by atoms with E-state index in [1.165, 1.54) is 6.07 Å². The van der Waals surface area contributed by atoms with Crippen LogP contribution in [0.4, 0.5) is 4.39 Å². The molecular weight excluding hydrogens is 281 g/mol. The lowest BCUT2D eigenvalue weighted by Gasteiger charge is -2.26. The number of aliphatic hydroxyl groups excluding tert-OH is 1. The Kier molecular flexibility index (Phi) is 5.52. The van der Waals surface area contributed by atoms with E-state index < -0.39 is 18.0 Å². The van der Waals surface area contributed by atoms with Crippen LogP contribution in [-0.2, 0) is 6.42 Å². The first kappa shape index (κ1) is 16.5. The molecule has 3 nitrogen and oxygen atoms in total. The Morgan fingerprint density at radius 1 is 1.14 bits per heavy atom. The van der Waals surface area contributed by atoms with Gasteiger partial charge in [-0.3, -0.25) is 0 Å². The Balaban J connectivity index is 2.12. The van der Waals surface area contributed by atoms with Crippen LogP contribution in [0.5, 0.6) is 5.75 Å². The molecule has 2 aromatic rings. The minimum Gasteiger partial charge on any atom is -0.496 e. The highest BCUT2D eigenvalue weighted by atomic mass is 19.1. The van der Waals surface area contributed by atoms with Crippen molar-refractivity contribution >= 4 is 0 Å². The standard InChI is InChI=1S/C18H22FNO2/c1-12(11-13-7-3-6-10-16(13)22-2)17(20)18(21)14-8-4-5-9-15(14)19/h3-10,12,17-18,21H,11,20H2,1-2H3. The van der Waals surface area contributed by atoms with Crippen LogP contribution in [-0.4, -0.2) is 18.3 Å². The lowest BCUT2D eigenvalue weighted by atomic mass is 9.88. The van der Waals surface area contributed by atoms with Crippen LogP contribution < -0.4 is 10.5 Å². The Labute approximate surface area is 130 Å². The molecule has 0 heterocycles. The van der Waals surface area contributed by atoms with E-state index in [-0.39, 0.29) is 11.5 Å². The number of halogens is 1. The smallest absolute Gasteiger partial charge is 0.129 e. The Hall–Kier alpha value is -1.91. The molecule has 3 N–H and O–H groups in total. The van der Waals surface area contributed by atoms with E-state index in [4.69, 9.17) is 10.5 Å². The summed E-state index contributed by atoms with van der Waals surface area (Å²) in [6, 6.07) is 13.3. The van der Waals surface area contributed by atoms with E-state index in [0.717, 1.165) is 11.3 Å².